The van der Waals surface area contributed by atoms with Crippen LogP contribution in [0.25, 0.3) is 0 Å². The number of methoxy groups -OCH3 is 1. The van der Waals surface area contributed by atoms with Crippen molar-refractivity contribution < 1.29 is 9.84 Å². The van der Waals surface area contributed by atoms with Crippen molar-refractivity contribution in [1.29, 1.82) is 0 Å². The van der Waals surface area contributed by atoms with Crippen molar-refractivity contribution in [2.24, 2.45) is 0 Å². The third kappa shape index (κ3) is 2.81. The van der Waals surface area contributed by atoms with E-state index in [0.717, 1.165) is 22.6 Å². The summed E-state index contributed by atoms with van der Waals surface area (Å²) in [6.45, 7) is 3.26. The van der Waals surface area contributed by atoms with Gasteiger partial charge < -0.3 is 15.2 Å². The van der Waals surface area contributed by atoms with Crippen LogP contribution in [0.5, 0.6) is 11.5 Å². The van der Waals surface area contributed by atoms with Crippen LogP contribution in [0.2, 0.25) is 0 Å². The fraction of sp³-hybridized carbons (Fsp3) is 0.308. The molecule has 1 heterocycles. The Morgan fingerprint density at radius 1 is 1.33 bits per heavy atom. The summed E-state index contributed by atoms with van der Waals surface area (Å²) in [6, 6.07) is 5.20. The number of hydrogen-bond donors (Lipinski definition) is 3. The van der Waals surface area contributed by atoms with E-state index in [4.69, 9.17) is 4.74 Å². The van der Waals surface area contributed by atoms with Crippen LogP contribution in [-0.4, -0.2) is 22.4 Å². The summed E-state index contributed by atoms with van der Waals surface area (Å²) in [6.07, 6.45) is 1.80. The minimum absolute atomic E-state index is 0.271. The quantitative estimate of drug-likeness (QED) is 0.752. The average molecular weight is 247 g/mol. The highest BCUT2D eigenvalue weighted by atomic mass is 16.5. The van der Waals surface area contributed by atoms with E-state index in [-0.39, 0.29) is 5.75 Å². The Labute approximate surface area is 106 Å². The lowest BCUT2D eigenvalue weighted by Crippen LogP contribution is -2.13. The van der Waals surface area contributed by atoms with E-state index in [0.29, 0.717) is 13.1 Å². The van der Waals surface area contributed by atoms with E-state index in [1.54, 1.807) is 25.4 Å². The number of ether oxygens (including phenoxy) is 1. The Kier molecular flexibility index (Phi) is 3.84. The number of aromatic nitrogens is 2. The van der Waals surface area contributed by atoms with E-state index in [2.05, 4.69) is 15.5 Å². The van der Waals surface area contributed by atoms with Crippen molar-refractivity contribution in [2.45, 2.75) is 20.0 Å². The lowest BCUT2D eigenvalue weighted by molar-refractivity contribution is 0.410. The largest absolute Gasteiger partial charge is 0.508 e. The zero-order valence-electron chi connectivity index (χ0n) is 10.5. The number of benzene rings is 1. The van der Waals surface area contributed by atoms with Gasteiger partial charge in [-0.1, -0.05) is 0 Å². The van der Waals surface area contributed by atoms with Crippen LogP contribution in [0.3, 0.4) is 0 Å². The monoisotopic (exact) mass is 247 g/mol. The van der Waals surface area contributed by atoms with Gasteiger partial charge in [-0.25, -0.2) is 0 Å². The number of phenolic OH excluding ortho intramolecular Hbond substituents is 1. The topological polar surface area (TPSA) is 70.2 Å². The highest BCUT2D eigenvalue weighted by molar-refractivity contribution is 5.39. The molecule has 1 aromatic carbocycles. The number of H-pyrrole nitrogens is 1. The zero-order chi connectivity index (χ0) is 13.0. The maximum atomic E-state index is 9.73. The van der Waals surface area contributed by atoms with Gasteiger partial charge in [0.2, 0.25) is 0 Å². The van der Waals surface area contributed by atoms with Gasteiger partial charge in [-0.2, -0.15) is 5.10 Å². The van der Waals surface area contributed by atoms with Crippen molar-refractivity contribution >= 4 is 0 Å². The van der Waals surface area contributed by atoms with Crippen LogP contribution in [-0.2, 0) is 13.1 Å². The van der Waals surface area contributed by atoms with Gasteiger partial charge in [-0.15, -0.1) is 0 Å². The van der Waals surface area contributed by atoms with Gasteiger partial charge in [-0.3, -0.25) is 5.10 Å². The van der Waals surface area contributed by atoms with Crippen molar-refractivity contribution in [3.8, 4) is 11.5 Å². The molecule has 0 amide bonds. The fourth-order valence-electron chi connectivity index (χ4n) is 1.72. The van der Waals surface area contributed by atoms with Crippen LogP contribution in [0, 0.1) is 6.92 Å². The molecule has 0 saturated heterocycles. The van der Waals surface area contributed by atoms with Gasteiger partial charge in [0.05, 0.1) is 13.3 Å². The lowest BCUT2D eigenvalue weighted by Gasteiger charge is -2.08. The van der Waals surface area contributed by atoms with Gasteiger partial charge in [0.25, 0.3) is 0 Å². The van der Waals surface area contributed by atoms with Crippen molar-refractivity contribution in [3.63, 3.8) is 0 Å². The molecular weight excluding hydrogens is 230 g/mol. The van der Waals surface area contributed by atoms with E-state index in [1.807, 2.05) is 13.0 Å². The molecule has 2 rings (SSSR count). The van der Waals surface area contributed by atoms with E-state index in [1.165, 1.54) is 0 Å². The summed E-state index contributed by atoms with van der Waals surface area (Å²) < 4.78 is 5.13. The minimum Gasteiger partial charge on any atom is -0.508 e. The summed E-state index contributed by atoms with van der Waals surface area (Å²) in [5.74, 6) is 1.01. The SMILES string of the molecule is COc1ccc(O)c(CNCc2cn[nH]c2C)c1. The van der Waals surface area contributed by atoms with E-state index >= 15 is 0 Å². The number of nitrogens with zero attached hydrogens (tertiary/aromatic N) is 1. The molecular formula is C13H17N3O2. The smallest absolute Gasteiger partial charge is 0.120 e. The lowest BCUT2D eigenvalue weighted by atomic mass is 10.2. The number of aryl methyl sites for hydroxylation is 1. The fourth-order valence-corrected chi connectivity index (χ4v) is 1.72. The number of aromatic hydroxyl groups is 1. The highest BCUT2D eigenvalue weighted by Gasteiger charge is 2.04. The third-order valence-electron chi connectivity index (χ3n) is 2.85. The molecule has 0 atom stereocenters. The molecule has 0 aliphatic rings. The van der Waals surface area contributed by atoms with Crippen molar-refractivity contribution in [2.75, 3.05) is 7.11 Å². The van der Waals surface area contributed by atoms with Gasteiger partial charge in [0, 0.05) is 29.9 Å². The Balaban J connectivity index is 1.96. The molecule has 0 aliphatic carbocycles. The van der Waals surface area contributed by atoms with Crippen LogP contribution in [0.1, 0.15) is 16.8 Å². The van der Waals surface area contributed by atoms with Crippen molar-refractivity contribution in [1.82, 2.24) is 15.5 Å². The first kappa shape index (κ1) is 12.4. The summed E-state index contributed by atoms with van der Waals surface area (Å²) in [7, 11) is 1.61. The van der Waals surface area contributed by atoms with Gasteiger partial charge in [0.1, 0.15) is 11.5 Å². The Bertz CT molecular complexity index is 523. The molecule has 0 bridgehead atoms. The second-order valence-electron chi connectivity index (χ2n) is 4.12. The summed E-state index contributed by atoms with van der Waals surface area (Å²) in [5.41, 5.74) is 2.99. The number of nitrogens with one attached hydrogen (secondary N) is 2. The third-order valence-corrected chi connectivity index (χ3v) is 2.85. The molecule has 2 aromatic rings. The first-order valence-corrected chi connectivity index (χ1v) is 5.76. The molecule has 3 N–H and O–H groups in total. The maximum absolute atomic E-state index is 9.73. The molecule has 0 aliphatic heterocycles. The average Bonchev–Trinajstić information content (AvgIpc) is 2.77. The molecule has 5 nitrogen and oxygen atoms in total. The molecule has 5 heteroatoms. The minimum atomic E-state index is 0.271. The zero-order valence-corrected chi connectivity index (χ0v) is 10.5. The second-order valence-corrected chi connectivity index (χ2v) is 4.12. The second kappa shape index (κ2) is 5.55. The summed E-state index contributed by atoms with van der Waals surface area (Å²) in [4.78, 5) is 0. The first-order valence-electron chi connectivity index (χ1n) is 5.76. The van der Waals surface area contributed by atoms with Gasteiger partial charge in [0.15, 0.2) is 0 Å². The molecule has 18 heavy (non-hydrogen) atoms. The van der Waals surface area contributed by atoms with Gasteiger partial charge in [-0.05, 0) is 25.1 Å². The first-order chi connectivity index (χ1) is 8.70. The molecule has 96 valence electrons. The molecule has 1 aromatic heterocycles. The molecule has 0 unspecified atom stereocenters. The summed E-state index contributed by atoms with van der Waals surface area (Å²) in [5, 5.41) is 19.8. The van der Waals surface area contributed by atoms with E-state index in [9.17, 15) is 5.11 Å². The molecule has 0 saturated carbocycles. The molecule has 0 radical (unpaired) electrons. The maximum Gasteiger partial charge on any atom is 0.120 e. The molecule has 0 fully saturated rings. The number of rotatable bonds is 5. The summed E-state index contributed by atoms with van der Waals surface area (Å²) >= 11 is 0. The number of hydrogen-bond acceptors (Lipinski definition) is 4. The normalized spacial score (nSPS) is 10.6. The van der Waals surface area contributed by atoms with Crippen LogP contribution < -0.4 is 10.1 Å². The molecule has 0 spiro atoms. The number of aromatic amines is 1. The predicted molar refractivity (Wildman–Crippen MR) is 68.5 cm³/mol. The van der Waals surface area contributed by atoms with E-state index < -0.39 is 0 Å². The van der Waals surface area contributed by atoms with Crippen molar-refractivity contribution in [3.05, 3.63) is 41.2 Å². The number of phenols is 1. The highest BCUT2D eigenvalue weighted by Crippen LogP contribution is 2.22. The van der Waals surface area contributed by atoms with Gasteiger partial charge >= 0.3 is 0 Å². The van der Waals surface area contributed by atoms with Crippen LogP contribution in [0.15, 0.2) is 24.4 Å². The van der Waals surface area contributed by atoms with Crippen LogP contribution in [0.4, 0.5) is 0 Å². The predicted octanol–water partition coefficient (Wildman–Crippen LogP) is 1.72. The Morgan fingerprint density at radius 3 is 2.78 bits per heavy atom. The van der Waals surface area contributed by atoms with Crippen LogP contribution >= 0.6 is 0 Å². The Morgan fingerprint density at radius 2 is 2.11 bits per heavy atom. The standard InChI is InChI=1S/C13H17N3O2/c1-9-11(8-15-16-9)7-14-6-10-5-12(18-2)3-4-13(10)17/h3-5,8,14,17H,6-7H2,1-2H3,(H,15,16). The Hall–Kier alpha value is -2.01.